The van der Waals surface area contributed by atoms with Crippen LogP contribution in [0.3, 0.4) is 0 Å². The number of aromatic nitrogens is 4. The summed E-state index contributed by atoms with van der Waals surface area (Å²) in [4.78, 5) is 0. The van der Waals surface area contributed by atoms with E-state index in [2.05, 4.69) is 22.0 Å². The Bertz CT molecular complexity index is 936. The van der Waals surface area contributed by atoms with E-state index in [4.69, 9.17) is 4.52 Å². The molecule has 7 nitrogen and oxygen atoms in total. The van der Waals surface area contributed by atoms with Crippen molar-refractivity contribution >= 4 is 21.1 Å². The van der Waals surface area contributed by atoms with Gasteiger partial charge in [0.05, 0.1) is 5.69 Å². The molecule has 1 atom stereocenters. The van der Waals surface area contributed by atoms with Crippen LogP contribution in [0.5, 0.6) is 0 Å². The lowest BCUT2D eigenvalue weighted by Crippen LogP contribution is -2.22. The van der Waals surface area contributed by atoms with Crippen molar-refractivity contribution in [3.05, 3.63) is 53.9 Å². The molecule has 22 heavy (non-hydrogen) atoms. The molecule has 0 N–H and O–H groups in total. The van der Waals surface area contributed by atoms with Gasteiger partial charge in [0.2, 0.25) is 0 Å². The molecule has 3 rings (SSSR count). The average Bonchev–Trinajstić information content (AvgIpc) is 3.06. The zero-order valence-electron chi connectivity index (χ0n) is 12.1. The van der Waals surface area contributed by atoms with E-state index >= 15 is 0 Å². The quantitative estimate of drug-likeness (QED) is 0.684. The molecular formula is C14H14N4O3S. The molecule has 0 aliphatic heterocycles. The molecule has 0 amide bonds. The lowest BCUT2D eigenvalue weighted by atomic mass is 10.1. The van der Waals surface area contributed by atoms with Crippen LogP contribution in [0, 0.1) is 13.8 Å². The summed E-state index contributed by atoms with van der Waals surface area (Å²) in [6.07, 6.45) is 1.35. The monoisotopic (exact) mass is 318 g/mol. The maximum atomic E-state index is 13.0. The van der Waals surface area contributed by atoms with Crippen molar-refractivity contribution in [2.75, 3.05) is 0 Å². The fraction of sp³-hybridized carbons (Fsp3) is 0.214. The molecule has 0 fully saturated rings. The van der Waals surface area contributed by atoms with E-state index in [0.717, 1.165) is 4.09 Å². The van der Waals surface area contributed by atoms with Crippen LogP contribution in [-0.2, 0) is 10.0 Å². The molecule has 0 spiro atoms. The number of para-hydroxylation sites is 1. The summed E-state index contributed by atoms with van der Waals surface area (Å²) in [5.74, 6) is 0.440. The van der Waals surface area contributed by atoms with Crippen molar-refractivity contribution in [3.8, 4) is 0 Å². The zero-order chi connectivity index (χ0) is 15.9. The molecule has 0 aliphatic carbocycles. The third kappa shape index (κ3) is 2.03. The molecule has 0 saturated heterocycles. The van der Waals surface area contributed by atoms with Crippen molar-refractivity contribution in [3.63, 3.8) is 0 Å². The second-order valence-electron chi connectivity index (χ2n) is 4.86. The first-order valence-corrected chi connectivity index (χ1v) is 8.07. The number of nitrogens with zero attached hydrogens (tertiary/aromatic N) is 4. The van der Waals surface area contributed by atoms with Crippen LogP contribution in [0.25, 0.3) is 11.0 Å². The largest absolute Gasteiger partial charge is 0.361 e. The smallest absolute Gasteiger partial charge is 0.266 e. The number of benzene rings is 1. The Morgan fingerprint density at radius 2 is 2.05 bits per heavy atom. The SMILES string of the molecule is C=CC(c1c(C)noc1C)S(=O)(=O)n1nnc2ccccc21. The van der Waals surface area contributed by atoms with Gasteiger partial charge in [-0.3, -0.25) is 0 Å². The molecule has 3 aromatic rings. The lowest BCUT2D eigenvalue weighted by molar-refractivity contribution is 0.392. The molecule has 0 saturated carbocycles. The Balaban J connectivity index is 2.22. The van der Waals surface area contributed by atoms with E-state index in [1.54, 1.807) is 38.1 Å². The van der Waals surface area contributed by atoms with Gasteiger partial charge in [-0.15, -0.1) is 15.8 Å². The topological polar surface area (TPSA) is 90.9 Å². The Hall–Kier alpha value is -2.48. The summed E-state index contributed by atoms with van der Waals surface area (Å²) >= 11 is 0. The van der Waals surface area contributed by atoms with Gasteiger partial charge in [-0.2, -0.15) is 0 Å². The summed E-state index contributed by atoms with van der Waals surface area (Å²) < 4.78 is 31.9. The fourth-order valence-electron chi connectivity index (χ4n) is 2.43. The normalized spacial score (nSPS) is 13.4. The van der Waals surface area contributed by atoms with Crippen LogP contribution in [0.1, 0.15) is 22.3 Å². The second kappa shape index (κ2) is 5.06. The van der Waals surface area contributed by atoms with Gasteiger partial charge >= 0.3 is 0 Å². The van der Waals surface area contributed by atoms with E-state index in [9.17, 15) is 8.42 Å². The second-order valence-corrected chi connectivity index (χ2v) is 6.74. The van der Waals surface area contributed by atoms with Gasteiger partial charge in [0.15, 0.2) is 0 Å². The highest BCUT2D eigenvalue weighted by molar-refractivity contribution is 7.90. The highest BCUT2D eigenvalue weighted by atomic mass is 32.2. The fourth-order valence-corrected chi connectivity index (χ4v) is 4.09. The van der Waals surface area contributed by atoms with Crippen LogP contribution in [-0.4, -0.2) is 28.0 Å². The van der Waals surface area contributed by atoms with E-state index in [1.807, 2.05) is 0 Å². The number of aryl methyl sites for hydroxylation is 2. The summed E-state index contributed by atoms with van der Waals surface area (Å²) in [5, 5.41) is 10.5. The first-order chi connectivity index (χ1) is 10.5. The van der Waals surface area contributed by atoms with Gasteiger partial charge in [0.1, 0.15) is 22.0 Å². The Morgan fingerprint density at radius 1 is 1.32 bits per heavy atom. The Kier molecular flexibility index (Phi) is 3.32. The van der Waals surface area contributed by atoms with Crippen LogP contribution >= 0.6 is 0 Å². The minimum atomic E-state index is -3.88. The molecular weight excluding hydrogens is 304 g/mol. The van der Waals surface area contributed by atoms with Gasteiger partial charge in [-0.05, 0) is 26.0 Å². The van der Waals surface area contributed by atoms with Crippen molar-refractivity contribution in [2.24, 2.45) is 0 Å². The molecule has 1 unspecified atom stereocenters. The standard InChI is InChI=1S/C14H14N4O3S/c1-4-13(14-9(2)16-21-10(14)3)22(19,20)18-12-8-6-5-7-11(12)15-17-18/h4-8,13H,1H2,2-3H3. The maximum absolute atomic E-state index is 13.0. The van der Waals surface area contributed by atoms with E-state index in [0.29, 0.717) is 28.1 Å². The van der Waals surface area contributed by atoms with Gasteiger partial charge in [-0.25, -0.2) is 8.42 Å². The number of fused-ring (bicyclic) bond motifs is 1. The van der Waals surface area contributed by atoms with Crippen LogP contribution in [0.15, 0.2) is 41.4 Å². The van der Waals surface area contributed by atoms with Gasteiger partial charge in [0, 0.05) is 5.56 Å². The molecule has 2 heterocycles. The minimum absolute atomic E-state index is 0.418. The van der Waals surface area contributed by atoms with Crippen LogP contribution < -0.4 is 0 Å². The average molecular weight is 318 g/mol. The number of hydrogen-bond donors (Lipinski definition) is 0. The van der Waals surface area contributed by atoms with Crippen LogP contribution in [0.2, 0.25) is 0 Å². The highest BCUT2D eigenvalue weighted by Crippen LogP contribution is 2.31. The third-order valence-corrected chi connectivity index (χ3v) is 5.29. The van der Waals surface area contributed by atoms with Gasteiger partial charge in [0.25, 0.3) is 10.0 Å². The summed E-state index contributed by atoms with van der Waals surface area (Å²) in [5.41, 5.74) is 1.92. The summed E-state index contributed by atoms with van der Waals surface area (Å²) in [6, 6.07) is 6.86. The van der Waals surface area contributed by atoms with Gasteiger partial charge < -0.3 is 4.52 Å². The van der Waals surface area contributed by atoms with Crippen LogP contribution in [0.4, 0.5) is 0 Å². The Labute approximate surface area is 127 Å². The van der Waals surface area contributed by atoms with Gasteiger partial charge in [-0.1, -0.05) is 28.6 Å². The van der Waals surface area contributed by atoms with E-state index < -0.39 is 15.3 Å². The number of rotatable bonds is 4. The van der Waals surface area contributed by atoms with E-state index in [1.165, 1.54) is 6.08 Å². The summed E-state index contributed by atoms with van der Waals surface area (Å²) in [6.45, 7) is 7.00. The lowest BCUT2D eigenvalue weighted by Gasteiger charge is -2.13. The first kappa shape index (κ1) is 14.5. The third-order valence-electron chi connectivity index (χ3n) is 3.47. The first-order valence-electron chi connectivity index (χ1n) is 6.57. The van der Waals surface area contributed by atoms with Crippen molar-refractivity contribution in [2.45, 2.75) is 19.1 Å². The maximum Gasteiger partial charge on any atom is 0.266 e. The molecule has 8 heteroatoms. The van der Waals surface area contributed by atoms with Crippen molar-refractivity contribution in [1.29, 1.82) is 0 Å². The highest BCUT2D eigenvalue weighted by Gasteiger charge is 2.33. The predicted molar refractivity (Wildman–Crippen MR) is 80.8 cm³/mol. The minimum Gasteiger partial charge on any atom is -0.361 e. The molecule has 114 valence electrons. The molecule has 0 aliphatic rings. The summed E-state index contributed by atoms with van der Waals surface area (Å²) in [7, 11) is -3.88. The molecule has 0 bridgehead atoms. The zero-order valence-corrected chi connectivity index (χ0v) is 12.9. The van der Waals surface area contributed by atoms with Crippen molar-refractivity contribution < 1.29 is 12.9 Å². The van der Waals surface area contributed by atoms with E-state index in [-0.39, 0.29) is 0 Å². The number of hydrogen-bond acceptors (Lipinski definition) is 6. The molecule has 1 aromatic carbocycles. The molecule has 2 aromatic heterocycles. The van der Waals surface area contributed by atoms with Crippen molar-refractivity contribution in [1.82, 2.24) is 19.6 Å². The predicted octanol–water partition coefficient (Wildman–Crippen LogP) is 2.14. The molecule has 0 radical (unpaired) electrons. The Morgan fingerprint density at radius 3 is 2.68 bits per heavy atom.